The van der Waals surface area contributed by atoms with Crippen LogP contribution in [0.4, 0.5) is 5.95 Å². The third kappa shape index (κ3) is 3.17. The smallest absolute Gasteiger partial charge is 0.266 e. The summed E-state index contributed by atoms with van der Waals surface area (Å²) in [4.78, 5) is 6.52. The molecule has 0 radical (unpaired) electrons. The Balaban J connectivity index is 1.94. The molecule has 1 unspecified atom stereocenters. The molecule has 1 aromatic rings. The van der Waals surface area contributed by atoms with Crippen LogP contribution in [-0.2, 0) is 11.2 Å². The summed E-state index contributed by atoms with van der Waals surface area (Å²) in [5.74, 6) is 1.39. The van der Waals surface area contributed by atoms with Crippen LogP contribution in [0, 0.1) is 0 Å². The maximum atomic E-state index is 5.29. The highest BCUT2D eigenvalue weighted by molar-refractivity contribution is 5.28. The minimum atomic E-state index is 0.396. The molecule has 2 rings (SSSR count). The van der Waals surface area contributed by atoms with Crippen LogP contribution in [0.2, 0.25) is 0 Å². The van der Waals surface area contributed by atoms with E-state index in [1.54, 1.807) is 0 Å². The van der Waals surface area contributed by atoms with Gasteiger partial charge in [-0.1, -0.05) is 6.92 Å². The summed E-state index contributed by atoms with van der Waals surface area (Å²) in [6.07, 6.45) is 1.83. The molecule has 0 aliphatic carbocycles. The summed E-state index contributed by atoms with van der Waals surface area (Å²) in [7, 11) is 1.95. The van der Waals surface area contributed by atoms with Gasteiger partial charge in [-0.25, -0.2) is 0 Å². The molecule has 6 nitrogen and oxygen atoms in total. The topological polar surface area (TPSA) is 63.4 Å². The van der Waals surface area contributed by atoms with E-state index in [0.717, 1.165) is 39.1 Å². The molecule has 0 spiro atoms. The minimum absolute atomic E-state index is 0.396. The molecule has 1 atom stereocenters. The highest BCUT2D eigenvalue weighted by Gasteiger charge is 2.18. The Kier molecular flexibility index (Phi) is 4.33. The third-order valence-electron chi connectivity index (χ3n) is 3.07. The lowest BCUT2D eigenvalue weighted by molar-refractivity contribution is 0.121. The molecule has 1 saturated heterocycles. The maximum absolute atomic E-state index is 5.29. The first-order chi connectivity index (χ1) is 8.33. The summed E-state index contributed by atoms with van der Waals surface area (Å²) >= 11 is 0. The summed E-state index contributed by atoms with van der Waals surface area (Å²) in [6, 6.07) is 0.396. The Hall–Kier alpha value is -1.14. The Bertz CT molecular complexity index is 332. The Morgan fingerprint density at radius 3 is 2.82 bits per heavy atom. The Morgan fingerprint density at radius 1 is 1.41 bits per heavy atom. The lowest BCUT2D eigenvalue weighted by Gasteiger charge is -2.24. The van der Waals surface area contributed by atoms with Crippen molar-refractivity contribution in [3.63, 3.8) is 0 Å². The van der Waals surface area contributed by atoms with Crippen LogP contribution in [0.3, 0.4) is 0 Å². The largest absolute Gasteiger partial charge is 0.378 e. The molecule has 96 valence electrons. The van der Waals surface area contributed by atoms with Crippen molar-refractivity contribution in [3.8, 4) is 0 Å². The molecule has 6 heteroatoms. The van der Waals surface area contributed by atoms with Crippen molar-refractivity contribution in [2.45, 2.75) is 25.8 Å². The van der Waals surface area contributed by atoms with Gasteiger partial charge in [0, 0.05) is 25.6 Å². The number of anilines is 1. The van der Waals surface area contributed by atoms with Crippen molar-refractivity contribution in [3.05, 3.63) is 5.89 Å². The zero-order valence-electron chi connectivity index (χ0n) is 10.5. The standard InChI is InChI=1S/C11H20N4O2/c1-3-9(12-2)8-10-13-11(14-17-10)15-4-6-16-7-5-15/h9,12H,3-8H2,1-2H3. The third-order valence-corrected chi connectivity index (χ3v) is 3.07. The monoisotopic (exact) mass is 240 g/mol. The number of hydrogen-bond donors (Lipinski definition) is 1. The van der Waals surface area contributed by atoms with Gasteiger partial charge >= 0.3 is 0 Å². The van der Waals surface area contributed by atoms with Crippen LogP contribution < -0.4 is 10.2 Å². The second-order valence-electron chi connectivity index (χ2n) is 4.19. The van der Waals surface area contributed by atoms with Gasteiger partial charge in [-0.05, 0) is 18.6 Å². The Morgan fingerprint density at radius 2 is 2.18 bits per heavy atom. The highest BCUT2D eigenvalue weighted by Crippen LogP contribution is 2.12. The van der Waals surface area contributed by atoms with E-state index >= 15 is 0 Å². The molecule has 1 N–H and O–H groups in total. The van der Waals surface area contributed by atoms with E-state index in [1.165, 1.54) is 0 Å². The molecular formula is C11H20N4O2. The zero-order chi connectivity index (χ0) is 12.1. The molecular weight excluding hydrogens is 220 g/mol. The van der Waals surface area contributed by atoms with Crippen LogP contribution >= 0.6 is 0 Å². The fraction of sp³-hybridized carbons (Fsp3) is 0.818. The lowest BCUT2D eigenvalue weighted by atomic mass is 10.1. The van der Waals surface area contributed by atoms with E-state index in [4.69, 9.17) is 9.26 Å². The van der Waals surface area contributed by atoms with Gasteiger partial charge in [0.05, 0.1) is 13.2 Å². The number of aromatic nitrogens is 2. The van der Waals surface area contributed by atoms with Crippen LogP contribution in [0.1, 0.15) is 19.2 Å². The van der Waals surface area contributed by atoms with Gasteiger partial charge in [0.2, 0.25) is 5.89 Å². The summed E-state index contributed by atoms with van der Waals surface area (Å²) < 4.78 is 10.6. The predicted molar refractivity (Wildman–Crippen MR) is 64.2 cm³/mol. The molecule has 1 aliphatic rings. The van der Waals surface area contributed by atoms with Crippen LogP contribution in [0.5, 0.6) is 0 Å². The number of nitrogens with zero attached hydrogens (tertiary/aromatic N) is 3. The molecule has 17 heavy (non-hydrogen) atoms. The van der Waals surface area contributed by atoms with E-state index in [0.29, 0.717) is 17.9 Å². The van der Waals surface area contributed by atoms with E-state index < -0.39 is 0 Å². The molecule has 2 heterocycles. The van der Waals surface area contributed by atoms with Crippen LogP contribution in [0.15, 0.2) is 4.52 Å². The fourth-order valence-corrected chi connectivity index (χ4v) is 1.88. The van der Waals surface area contributed by atoms with Crippen LogP contribution in [-0.4, -0.2) is 49.5 Å². The highest BCUT2D eigenvalue weighted by atomic mass is 16.5. The van der Waals surface area contributed by atoms with E-state index in [-0.39, 0.29) is 0 Å². The van der Waals surface area contributed by atoms with Crippen molar-refractivity contribution >= 4 is 5.95 Å². The average molecular weight is 240 g/mol. The van der Waals surface area contributed by atoms with Gasteiger partial charge in [0.15, 0.2) is 0 Å². The van der Waals surface area contributed by atoms with Crippen LogP contribution in [0.25, 0.3) is 0 Å². The molecule has 1 aliphatic heterocycles. The average Bonchev–Trinajstić information content (AvgIpc) is 2.85. The number of ether oxygens (including phenoxy) is 1. The van der Waals surface area contributed by atoms with Crippen molar-refractivity contribution in [2.24, 2.45) is 0 Å². The zero-order valence-corrected chi connectivity index (χ0v) is 10.5. The number of nitrogens with one attached hydrogen (secondary N) is 1. The van der Waals surface area contributed by atoms with Gasteiger partial charge in [-0.15, -0.1) is 0 Å². The molecule has 0 saturated carbocycles. The van der Waals surface area contributed by atoms with Gasteiger partial charge in [-0.3, -0.25) is 0 Å². The molecule has 0 amide bonds. The second-order valence-corrected chi connectivity index (χ2v) is 4.19. The summed E-state index contributed by atoms with van der Waals surface area (Å²) in [5.41, 5.74) is 0. The van der Waals surface area contributed by atoms with Crippen molar-refractivity contribution < 1.29 is 9.26 Å². The lowest BCUT2D eigenvalue weighted by Crippen LogP contribution is -2.36. The van der Waals surface area contributed by atoms with Crippen molar-refractivity contribution in [1.82, 2.24) is 15.5 Å². The first kappa shape index (κ1) is 12.3. The van der Waals surface area contributed by atoms with Crippen molar-refractivity contribution in [2.75, 3.05) is 38.3 Å². The quantitative estimate of drug-likeness (QED) is 0.806. The maximum Gasteiger partial charge on any atom is 0.266 e. The van der Waals surface area contributed by atoms with Gasteiger partial charge in [0.25, 0.3) is 5.95 Å². The molecule has 1 fully saturated rings. The number of hydrogen-bond acceptors (Lipinski definition) is 6. The SMILES string of the molecule is CCC(Cc1nc(N2CCOCC2)no1)NC. The minimum Gasteiger partial charge on any atom is -0.378 e. The predicted octanol–water partition coefficient (Wildman–Crippen LogP) is 0.447. The summed E-state index contributed by atoms with van der Waals surface area (Å²) in [6.45, 7) is 5.28. The van der Waals surface area contributed by atoms with E-state index in [9.17, 15) is 0 Å². The second kappa shape index (κ2) is 5.97. The number of morpholine rings is 1. The van der Waals surface area contributed by atoms with Gasteiger partial charge < -0.3 is 19.5 Å². The van der Waals surface area contributed by atoms with Gasteiger partial charge in [0.1, 0.15) is 0 Å². The van der Waals surface area contributed by atoms with Crippen molar-refractivity contribution in [1.29, 1.82) is 0 Å². The fourth-order valence-electron chi connectivity index (χ4n) is 1.88. The number of likely N-dealkylation sites (N-methyl/N-ethyl adjacent to an activating group) is 1. The summed E-state index contributed by atoms with van der Waals surface area (Å²) in [5, 5.41) is 7.25. The normalized spacial score (nSPS) is 18.4. The Labute approximate surface area is 101 Å². The first-order valence-corrected chi connectivity index (χ1v) is 6.16. The first-order valence-electron chi connectivity index (χ1n) is 6.16. The molecule has 0 aromatic carbocycles. The molecule has 0 bridgehead atoms. The van der Waals surface area contributed by atoms with Gasteiger partial charge in [-0.2, -0.15) is 4.98 Å². The van der Waals surface area contributed by atoms with E-state index in [2.05, 4.69) is 27.3 Å². The number of rotatable bonds is 5. The van der Waals surface area contributed by atoms with E-state index in [1.807, 2.05) is 7.05 Å². The molecule has 1 aromatic heterocycles.